The van der Waals surface area contributed by atoms with E-state index in [4.69, 9.17) is 0 Å². The summed E-state index contributed by atoms with van der Waals surface area (Å²) >= 11 is 0. The van der Waals surface area contributed by atoms with Gasteiger partial charge in [-0.1, -0.05) is 139 Å². The summed E-state index contributed by atoms with van der Waals surface area (Å²) in [5.41, 5.74) is 24.5. The molecule has 64 heavy (non-hydrogen) atoms. The molecule has 0 N–H and O–H groups in total. The van der Waals surface area contributed by atoms with Crippen molar-refractivity contribution in [3.8, 4) is 11.1 Å². The maximum absolute atomic E-state index is 2.58. The third kappa shape index (κ3) is 7.29. The summed E-state index contributed by atoms with van der Waals surface area (Å²) in [6.45, 7) is 22.7. The average Bonchev–Trinajstić information content (AvgIpc) is 3.25. The summed E-state index contributed by atoms with van der Waals surface area (Å²) in [7, 11) is 0. The molecule has 0 radical (unpaired) electrons. The SMILES string of the molecule is Cc1cc(C)cc(N2c3cc(-c4ccc(C(C)(C)C)cc4)ccc3B3c4ccc(C(C)(C)C)cc4N(c4cc(C)cc(C)c4)c4cc(N(c5ccccc5)c5ccccc5)cc2c43)c1. The lowest BCUT2D eigenvalue weighted by Crippen LogP contribution is -2.61. The van der Waals surface area contributed by atoms with Gasteiger partial charge in [0.2, 0.25) is 0 Å². The highest BCUT2D eigenvalue weighted by Crippen LogP contribution is 2.49. The Morgan fingerprint density at radius 3 is 1.27 bits per heavy atom. The molecule has 0 aromatic heterocycles. The maximum Gasteiger partial charge on any atom is 0.252 e. The van der Waals surface area contributed by atoms with E-state index in [-0.39, 0.29) is 17.5 Å². The molecule has 2 aliphatic rings. The van der Waals surface area contributed by atoms with Crippen LogP contribution < -0.4 is 31.1 Å². The van der Waals surface area contributed by atoms with Crippen molar-refractivity contribution in [2.75, 3.05) is 14.7 Å². The molecular weight excluding hydrogens is 773 g/mol. The highest BCUT2D eigenvalue weighted by atomic mass is 15.2. The van der Waals surface area contributed by atoms with Gasteiger partial charge >= 0.3 is 0 Å². The lowest BCUT2D eigenvalue weighted by Gasteiger charge is -2.45. The molecule has 3 nitrogen and oxygen atoms in total. The summed E-state index contributed by atoms with van der Waals surface area (Å²) in [4.78, 5) is 7.58. The van der Waals surface area contributed by atoms with Crippen LogP contribution in [0.25, 0.3) is 11.1 Å². The van der Waals surface area contributed by atoms with Crippen LogP contribution in [0.5, 0.6) is 0 Å². The monoisotopic (exact) mass is 831 g/mol. The average molecular weight is 832 g/mol. The molecule has 0 bridgehead atoms. The van der Waals surface area contributed by atoms with E-state index in [1.165, 1.54) is 89.3 Å². The second kappa shape index (κ2) is 15.5. The molecule has 2 aliphatic heterocycles. The highest BCUT2D eigenvalue weighted by Gasteiger charge is 2.44. The number of hydrogen-bond donors (Lipinski definition) is 0. The van der Waals surface area contributed by atoms with E-state index in [2.05, 4.69) is 254 Å². The van der Waals surface area contributed by atoms with Crippen LogP contribution in [0, 0.1) is 27.7 Å². The predicted octanol–water partition coefficient (Wildman–Crippen LogP) is 14.7. The first kappa shape index (κ1) is 41.2. The van der Waals surface area contributed by atoms with Gasteiger partial charge in [0.1, 0.15) is 0 Å². The van der Waals surface area contributed by atoms with E-state index >= 15 is 0 Å². The highest BCUT2D eigenvalue weighted by molar-refractivity contribution is 7.00. The van der Waals surface area contributed by atoms with Gasteiger partial charge in [-0.15, -0.1) is 0 Å². The summed E-state index contributed by atoms with van der Waals surface area (Å²) in [6.07, 6.45) is 0. The summed E-state index contributed by atoms with van der Waals surface area (Å²) in [5, 5.41) is 0. The number of benzene rings is 8. The molecule has 0 saturated heterocycles. The molecule has 8 aromatic rings. The van der Waals surface area contributed by atoms with E-state index in [0.29, 0.717) is 0 Å². The largest absolute Gasteiger partial charge is 0.311 e. The molecule has 4 heteroatoms. The molecule has 0 atom stereocenters. The first-order valence-electron chi connectivity index (χ1n) is 22.9. The second-order valence-corrected chi connectivity index (χ2v) is 20.3. The van der Waals surface area contributed by atoms with Gasteiger partial charge in [-0.3, -0.25) is 0 Å². The summed E-state index contributed by atoms with van der Waals surface area (Å²) in [6, 6.07) is 64.4. The third-order valence-electron chi connectivity index (χ3n) is 13.2. The Labute approximate surface area is 381 Å². The number of hydrogen-bond acceptors (Lipinski definition) is 3. The fraction of sp³-hybridized carbons (Fsp3) is 0.200. The number of fused-ring (bicyclic) bond motifs is 4. The van der Waals surface area contributed by atoms with Crippen LogP contribution in [0.2, 0.25) is 0 Å². The van der Waals surface area contributed by atoms with Crippen molar-refractivity contribution >= 4 is 74.3 Å². The maximum atomic E-state index is 2.58. The standard InChI is InChI=1S/C60H58BN3/c1-39-29-40(2)32-49(31-39)63-54-35-44(43-21-24-45(25-22-43)59(5,6)7)23-27-52(54)61-53-28-26-46(60(8,9)10)36-55(53)64(50-33-41(3)30-42(4)34-50)57-38-51(37-56(63)58(57)61)62(47-17-13-11-14-18-47)48-19-15-12-16-20-48/h11-38H,1-10H3. The van der Waals surface area contributed by atoms with Crippen LogP contribution in [0.1, 0.15) is 74.9 Å². The van der Waals surface area contributed by atoms with Gasteiger partial charge in [-0.25, -0.2) is 0 Å². The predicted molar refractivity (Wildman–Crippen MR) is 277 cm³/mol. The van der Waals surface area contributed by atoms with Gasteiger partial charge in [-0.05, 0) is 172 Å². The summed E-state index contributed by atoms with van der Waals surface area (Å²) in [5.74, 6) is 0. The Morgan fingerprint density at radius 2 is 0.797 bits per heavy atom. The number of anilines is 9. The normalized spacial score (nSPS) is 13.1. The molecule has 8 aromatic carbocycles. The minimum atomic E-state index is -0.0460. The zero-order valence-electron chi connectivity index (χ0n) is 39.1. The molecule has 10 rings (SSSR count). The lowest BCUT2D eigenvalue weighted by atomic mass is 9.33. The second-order valence-electron chi connectivity index (χ2n) is 20.3. The van der Waals surface area contributed by atoms with Gasteiger partial charge in [0, 0.05) is 45.5 Å². The molecule has 0 aliphatic carbocycles. The van der Waals surface area contributed by atoms with Crippen LogP contribution in [0.4, 0.5) is 51.2 Å². The zero-order chi connectivity index (χ0) is 44.7. The molecular formula is C60H58BN3. The summed E-state index contributed by atoms with van der Waals surface area (Å²) < 4.78 is 0. The van der Waals surface area contributed by atoms with E-state index in [1.807, 2.05) is 0 Å². The van der Waals surface area contributed by atoms with E-state index in [0.717, 1.165) is 22.7 Å². The number of nitrogens with zero attached hydrogens (tertiary/aromatic N) is 3. The van der Waals surface area contributed by atoms with E-state index in [1.54, 1.807) is 0 Å². The topological polar surface area (TPSA) is 9.72 Å². The quantitative estimate of drug-likeness (QED) is 0.155. The van der Waals surface area contributed by atoms with Gasteiger partial charge in [0.05, 0.1) is 5.69 Å². The Kier molecular flexibility index (Phi) is 9.98. The first-order valence-corrected chi connectivity index (χ1v) is 22.9. The van der Waals surface area contributed by atoms with E-state index in [9.17, 15) is 0 Å². The molecule has 2 heterocycles. The number of para-hydroxylation sites is 2. The molecule has 0 unspecified atom stereocenters. The molecule has 0 amide bonds. The molecule has 0 fully saturated rings. The van der Waals surface area contributed by atoms with Crippen molar-refractivity contribution in [3.05, 3.63) is 203 Å². The van der Waals surface area contributed by atoms with Crippen LogP contribution >= 0.6 is 0 Å². The lowest BCUT2D eigenvalue weighted by molar-refractivity contribution is 0.590. The minimum absolute atomic E-state index is 0.0124. The van der Waals surface area contributed by atoms with E-state index < -0.39 is 0 Å². The van der Waals surface area contributed by atoms with Crippen molar-refractivity contribution in [2.24, 2.45) is 0 Å². The Morgan fingerprint density at radius 1 is 0.375 bits per heavy atom. The fourth-order valence-corrected chi connectivity index (χ4v) is 10.2. The molecule has 0 saturated carbocycles. The van der Waals surface area contributed by atoms with Gasteiger partial charge in [-0.2, -0.15) is 0 Å². The minimum Gasteiger partial charge on any atom is -0.311 e. The van der Waals surface area contributed by atoms with Gasteiger partial charge < -0.3 is 14.7 Å². The third-order valence-corrected chi connectivity index (χ3v) is 13.2. The first-order chi connectivity index (χ1) is 30.6. The van der Waals surface area contributed by atoms with Crippen LogP contribution in [0.15, 0.2) is 170 Å². The number of rotatable bonds is 6. The number of aryl methyl sites for hydroxylation is 4. The molecule has 316 valence electrons. The molecule has 0 spiro atoms. The van der Waals surface area contributed by atoms with Gasteiger partial charge in [0.15, 0.2) is 0 Å². The van der Waals surface area contributed by atoms with Gasteiger partial charge in [0.25, 0.3) is 6.71 Å². The van der Waals surface area contributed by atoms with Crippen LogP contribution in [-0.4, -0.2) is 6.71 Å². The van der Waals surface area contributed by atoms with Crippen LogP contribution in [-0.2, 0) is 10.8 Å². The van der Waals surface area contributed by atoms with Crippen molar-refractivity contribution < 1.29 is 0 Å². The smallest absolute Gasteiger partial charge is 0.252 e. The van der Waals surface area contributed by atoms with Crippen molar-refractivity contribution in [1.82, 2.24) is 0 Å². The zero-order valence-corrected chi connectivity index (χ0v) is 39.1. The Hall–Kier alpha value is -6.78. The van der Waals surface area contributed by atoms with Crippen molar-refractivity contribution in [3.63, 3.8) is 0 Å². The van der Waals surface area contributed by atoms with Crippen molar-refractivity contribution in [1.29, 1.82) is 0 Å². The Bertz CT molecular complexity index is 2980. The Balaban J connectivity index is 1.34. The fourth-order valence-electron chi connectivity index (χ4n) is 10.2. The van der Waals surface area contributed by atoms with Crippen LogP contribution in [0.3, 0.4) is 0 Å². The van der Waals surface area contributed by atoms with Crippen molar-refractivity contribution in [2.45, 2.75) is 80.1 Å².